The number of ether oxygens (including phenoxy) is 2. The van der Waals surface area contributed by atoms with E-state index in [9.17, 15) is 4.79 Å². The van der Waals surface area contributed by atoms with Gasteiger partial charge in [0, 0.05) is 18.0 Å². The van der Waals surface area contributed by atoms with Crippen molar-refractivity contribution in [3.63, 3.8) is 0 Å². The van der Waals surface area contributed by atoms with Crippen LogP contribution < -0.4 is 4.74 Å². The van der Waals surface area contributed by atoms with Crippen LogP contribution in [0.3, 0.4) is 0 Å². The van der Waals surface area contributed by atoms with Crippen LogP contribution in [-0.4, -0.2) is 32.7 Å². The van der Waals surface area contributed by atoms with Crippen molar-refractivity contribution in [1.82, 2.24) is 20.1 Å². The number of nitrogens with zero attached hydrogens (tertiary/aromatic N) is 4. The van der Waals surface area contributed by atoms with Crippen LogP contribution in [-0.2, 0) is 11.3 Å². The molecule has 8 heteroatoms. The van der Waals surface area contributed by atoms with Crippen molar-refractivity contribution in [2.75, 3.05) is 6.61 Å². The number of pyridine rings is 1. The molecule has 0 saturated carbocycles. The van der Waals surface area contributed by atoms with E-state index in [1.165, 1.54) is 12.4 Å². The van der Waals surface area contributed by atoms with E-state index in [-0.39, 0.29) is 24.8 Å². The summed E-state index contributed by atoms with van der Waals surface area (Å²) in [5.41, 5.74) is 2.43. The first-order valence-electron chi connectivity index (χ1n) is 7.66. The highest BCUT2D eigenvalue weighted by Gasteiger charge is 2.16. The fraction of sp³-hybridized carbons (Fsp3) is 0.235. The van der Waals surface area contributed by atoms with Gasteiger partial charge in [-0.05, 0) is 26.0 Å². The maximum absolute atomic E-state index is 11.6. The fourth-order valence-corrected chi connectivity index (χ4v) is 2.14. The van der Waals surface area contributed by atoms with Crippen molar-refractivity contribution in [3.05, 3.63) is 53.9 Å². The van der Waals surface area contributed by atoms with Crippen molar-refractivity contribution >= 4 is 5.97 Å². The van der Waals surface area contributed by atoms with Crippen molar-refractivity contribution < 1.29 is 18.8 Å². The lowest BCUT2D eigenvalue weighted by atomic mass is 10.1. The molecule has 8 nitrogen and oxygen atoms in total. The average Bonchev–Trinajstić information content (AvgIpc) is 3.02. The van der Waals surface area contributed by atoms with Crippen LogP contribution in [0.15, 0.2) is 41.4 Å². The minimum absolute atomic E-state index is 0.131. The molecule has 3 aromatic rings. The first-order chi connectivity index (χ1) is 12.2. The number of aryl methyl sites for hydroxylation is 1. The Labute approximate surface area is 143 Å². The molecule has 3 rings (SSSR count). The van der Waals surface area contributed by atoms with E-state index in [0.717, 1.165) is 11.1 Å². The third kappa shape index (κ3) is 3.79. The van der Waals surface area contributed by atoms with E-state index in [1.54, 1.807) is 26.2 Å². The molecule has 0 bridgehead atoms. The predicted octanol–water partition coefficient (Wildman–Crippen LogP) is 2.59. The van der Waals surface area contributed by atoms with Crippen LogP contribution in [0.25, 0.3) is 11.3 Å². The lowest BCUT2D eigenvalue weighted by molar-refractivity contribution is 0.0518. The third-order valence-corrected chi connectivity index (χ3v) is 3.40. The van der Waals surface area contributed by atoms with E-state index >= 15 is 0 Å². The molecule has 0 unspecified atom stereocenters. The molecule has 0 spiro atoms. The number of aromatic nitrogens is 4. The van der Waals surface area contributed by atoms with Gasteiger partial charge >= 0.3 is 5.97 Å². The number of hydrogen-bond donors (Lipinski definition) is 0. The number of hydrogen-bond acceptors (Lipinski definition) is 8. The van der Waals surface area contributed by atoms with Crippen LogP contribution >= 0.6 is 0 Å². The predicted molar refractivity (Wildman–Crippen MR) is 86.8 cm³/mol. The molecule has 0 radical (unpaired) electrons. The number of carbonyl (C=O) groups excluding carboxylic acids is 1. The van der Waals surface area contributed by atoms with Crippen molar-refractivity contribution in [2.45, 2.75) is 20.5 Å². The maximum atomic E-state index is 11.6. The molecule has 25 heavy (non-hydrogen) atoms. The van der Waals surface area contributed by atoms with E-state index < -0.39 is 5.97 Å². The molecule has 0 saturated heterocycles. The van der Waals surface area contributed by atoms with Crippen LogP contribution in [0.5, 0.6) is 5.88 Å². The average molecular weight is 340 g/mol. The second-order valence-electron chi connectivity index (χ2n) is 5.06. The highest BCUT2D eigenvalue weighted by atomic mass is 16.5. The Morgan fingerprint density at radius 3 is 2.80 bits per heavy atom. The highest BCUT2D eigenvalue weighted by molar-refractivity contribution is 5.86. The smallest absolute Gasteiger partial charge is 0.358 e. The summed E-state index contributed by atoms with van der Waals surface area (Å²) in [6, 6.07) is 3.71. The molecule has 3 aromatic heterocycles. The number of esters is 1. The Morgan fingerprint density at radius 2 is 2.12 bits per heavy atom. The van der Waals surface area contributed by atoms with Gasteiger partial charge in [0.05, 0.1) is 24.6 Å². The molecular weight excluding hydrogens is 324 g/mol. The Hall–Kier alpha value is -3.29. The molecule has 0 aromatic carbocycles. The Balaban J connectivity index is 1.72. The summed E-state index contributed by atoms with van der Waals surface area (Å²) in [7, 11) is 0. The molecule has 0 aliphatic heterocycles. The Kier molecular flexibility index (Phi) is 4.98. The highest BCUT2D eigenvalue weighted by Crippen LogP contribution is 2.25. The summed E-state index contributed by atoms with van der Waals surface area (Å²) in [6.07, 6.45) is 6.08. The molecule has 0 aliphatic carbocycles. The quantitative estimate of drug-likeness (QED) is 0.631. The summed E-state index contributed by atoms with van der Waals surface area (Å²) >= 11 is 0. The van der Waals surface area contributed by atoms with Gasteiger partial charge in [-0.1, -0.05) is 5.16 Å². The van der Waals surface area contributed by atoms with Crippen LogP contribution in [0.1, 0.15) is 28.7 Å². The van der Waals surface area contributed by atoms with Gasteiger partial charge in [0.1, 0.15) is 18.1 Å². The third-order valence-electron chi connectivity index (χ3n) is 3.40. The molecule has 3 heterocycles. The zero-order valence-electron chi connectivity index (χ0n) is 13.8. The monoisotopic (exact) mass is 340 g/mol. The van der Waals surface area contributed by atoms with E-state index in [0.29, 0.717) is 11.5 Å². The van der Waals surface area contributed by atoms with Crippen LogP contribution in [0, 0.1) is 6.92 Å². The maximum Gasteiger partial charge on any atom is 0.358 e. The second kappa shape index (κ2) is 7.52. The van der Waals surface area contributed by atoms with Gasteiger partial charge in [-0.15, -0.1) is 0 Å². The molecule has 0 N–H and O–H groups in total. The van der Waals surface area contributed by atoms with Crippen molar-refractivity contribution in [1.29, 1.82) is 0 Å². The zero-order valence-corrected chi connectivity index (χ0v) is 13.8. The molecular formula is C17H16N4O4. The SMILES string of the molecule is CCOC(=O)c1cnc(OCc2c(-c3cccnc3)noc2C)cn1. The van der Waals surface area contributed by atoms with Gasteiger partial charge in [0.15, 0.2) is 5.69 Å². The summed E-state index contributed by atoms with van der Waals surface area (Å²) < 4.78 is 15.8. The summed E-state index contributed by atoms with van der Waals surface area (Å²) in [6.45, 7) is 4.01. The second-order valence-corrected chi connectivity index (χ2v) is 5.06. The first-order valence-corrected chi connectivity index (χ1v) is 7.66. The van der Waals surface area contributed by atoms with Crippen LogP contribution in [0.4, 0.5) is 0 Å². The van der Waals surface area contributed by atoms with Gasteiger partial charge < -0.3 is 14.0 Å². The summed E-state index contributed by atoms with van der Waals surface area (Å²) in [5, 5.41) is 4.06. The normalized spacial score (nSPS) is 10.5. The molecule has 0 atom stereocenters. The van der Waals surface area contributed by atoms with Gasteiger partial charge in [-0.25, -0.2) is 14.8 Å². The minimum atomic E-state index is -0.518. The lowest BCUT2D eigenvalue weighted by Crippen LogP contribution is -2.08. The first kappa shape index (κ1) is 16.6. The number of rotatable bonds is 6. The van der Waals surface area contributed by atoms with Gasteiger partial charge in [-0.3, -0.25) is 4.98 Å². The van der Waals surface area contributed by atoms with E-state index in [1.807, 2.05) is 12.1 Å². The molecule has 0 fully saturated rings. The lowest BCUT2D eigenvalue weighted by Gasteiger charge is -2.06. The van der Waals surface area contributed by atoms with E-state index in [4.69, 9.17) is 14.0 Å². The van der Waals surface area contributed by atoms with Gasteiger partial charge in [0.25, 0.3) is 0 Å². The van der Waals surface area contributed by atoms with Gasteiger partial charge in [0.2, 0.25) is 5.88 Å². The molecule has 0 aliphatic rings. The standard InChI is InChI=1S/C17H16N4O4/c1-3-23-17(22)14-8-20-15(9-19-14)24-10-13-11(2)25-21-16(13)12-5-4-6-18-7-12/h4-9H,3,10H2,1-2H3. The Bertz CT molecular complexity index is 847. The van der Waals surface area contributed by atoms with Gasteiger partial charge in [-0.2, -0.15) is 0 Å². The van der Waals surface area contributed by atoms with Crippen LogP contribution in [0.2, 0.25) is 0 Å². The zero-order chi connectivity index (χ0) is 17.6. The summed E-state index contributed by atoms with van der Waals surface area (Å²) in [4.78, 5) is 23.7. The number of carbonyl (C=O) groups is 1. The topological polar surface area (TPSA) is 100 Å². The fourth-order valence-electron chi connectivity index (χ4n) is 2.14. The Morgan fingerprint density at radius 1 is 1.24 bits per heavy atom. The minimum Gasteiger partial charge on any atom is -0.471 e. The molecule has 128 valence electrons. The molecule has 0 amide bonds. The van der Waals surface area contributed by atoms with Crippen molar-refractivity contribution in [2.24, 2.45) is 0 Å². The van der Waals surface area contributed by atoms with Crippen molar-refractivity contribution in [3.8, 4) is 17.1 Å². The van der Waals surface area contributed by atoms with E-state index in [2.05, 4.69) is 20.1 Å². The largest absolute Gasteiger partial charge is 0.471 e. The summed E-state index contributed by atoms with van der Waals surface area (Å²) in [5.74, 6) is 0.413.